The lowest BCUT2D eigenvalue weighted by atomic mass is 10.1. The fourth-order valence-electron chi connectivity index (χ4n) is 4.07. The number of nitrogens with zero attached hydrogens (tertiary/aromatic N) is 3. The van der Waals surface area contributed by atoms with E-state index in [4.69, 9.17) is 5.73 Å². The lowest BCUT2D eigenvalue weighted by Crippen LogP contribution is -2.03. The molecule has 32 heavy (non-hydrogen) atoms. The molecule has 0 saturated carbocycles. The topological polar surface area (TPSA) is 56.7 Å². The second-order valence-corrected chi connectivity index (χ2v) is 7.84. The average molecular weight is 417 g/mol. The molecule has 0 fully saturated rings. The van der Waals surface area contributed by atoms with E-state index in [0.29, 0.717) is 12.1 Å². The molecule has 0 unspecified atom stereocenters. The first-order valence-corrected chi connectivity index (χ1v) is 10.7. The predicted molar refractivity (Wildman–Crippen MR) is 133 cm³/mol. The summed E-state index contributed by atoms with van der Waals surface area (Å²) in [5.74, 6) is 0. The molecule has 0 radical (unpaired) electrons. The van der Waals surface area contributed by atoms with Gasteiger partial charge in [-0.3, -0.25) is 9.97 Å². The van der Waals surface area contributed by atoms with E-state index in [-0.39, 0.29) is 0 Å². The minimum Gasteiger partial charge on any atom is -0.397 e. The van der Waals surface area contributed by atoms with Gasteiger partial charge in [0.25, 0.3) is 0 Å². The first-order chi connectivity index (χ1) is 15.7. The Kier molecular flexibility index (Phi) is 5.26. The number of aryl methyl sites for hydroxylation is 1. The number of rotatable bonds is 5. The van der Waals surface area contributed by atoms with E-state index < -0.39 is 0 Å². The largest absolute Gasteiger partial charge is 0.397 e. The highest BCUT2D eigenvalue weighted by atomic mass is 15.0. The number of hydrogen-bond donors (Lipinski definition) is 1. The molecule has 0 bridgehead atoms. The molecule has 2 N–H and O–H groups in total. The van der Waals surface area contributed by atoms with Gasteiger partial charge in [0, 0.05) is 41.0 Å². The molecule has 0 spiro atoms. The average Bonchev–Trinajstić information content (AvgIpc) is 3.16. The van der Waals surface area contributed by atoms with Crippen LogP contribution in [0, 0.1) is 6.92 Å². The van der Waals surface area contributed by atoms with Gasteiger partial charge in [0.15, 0.2) is 0 Å². The van der Waals surface area contributed by atoms with Crippen molar-refractivity contribution in [3.63, 3.8) is 0 Å². The van der Waals surface area contributed by atoms with Crippen molar-refractivity contribution in [2.75, 3.05) is 0 Å². The quantitative estimate of drug-likeness (QED) is 0.359. The summed E-state index contributed by atoms with van der Waals surface area (Å²) in [4.78, 5) is 8.91. The summed E-state index contributed by atoms with van der Waals surface area (Å²) >= 11 is 0. The van der Waals surface area contributed by atoms with E-state index in [2.05, 4.69) is 70.0 Å². The summed E-state index contributed by atoms with van der Waals surface area (Å²) in [5.41, 5.74) is 13.4. The molecule has 156 valence electrons. The highest BCUT2D eigenvalue weighted by Crippen LogP contribution is 2.33. The molecule has 5 rings (SSSR count). The summed E-state index contributed by atoms with van der Waals surface area (Å²) in [6, 6.07) is 26.8. The molecule has 0 saturated heterocycles. The van der Waals surface area contributed by atoms with Crippen molar-refractivity contribution in [1.29, 1.82) is 0 Å². The van der Waals surface area contributed by atoms with Crippen molar-refractivity contribution in [1.82, 2.24) is 14.5 Å². The van der Waals surface area contributed by atoms with Gasteiger partial charge in [0.05, 0.1) is 22.4 Å². The van der Waals surface area contributed by atoms with Crippen LogP contribution in [0.2, 0.25) is 0 Å². The monoisotopic (exact) mass is 416 g/mol. The Bertz CT molecular complexity index is 1440. The van der Waals surface area contributed by atoms with Crippen LogP contribution in [0.15, 0.2) is 103 Å². The van der Waals surface area contributed by atoms with Crippen LogP contribution in [0.25, 0.3) is 33.2 Å². The predicted octanol–water partition coefficient (Wildman–Crippen LogP) is 5.98. The molecule has 3 heterocycles. The molecular formula is C28H24N4. The van der Waals surface area contributed by atoms with E-state index in [1.807, 2.05) is 48.7 Å². The number of para-hydroxylation sites is 1. The smallest absolute Gasteiger partial charge is 0.0859 e. The van der Waals surface area contributed by atoms with Crippen LogP contribution in [-0.4, -0.2) is 14.5 Å². The maximum atomic E-state index is 6.51. The molecule has 0 aliphatic carbocycles. The Morgan fingerprint density at radius 3 is 2.38 bits per heavy atom. The Hall–Kier alpha value is -4.18. The van der Waals surface area contributed by atoms with Gasteiger partial charge in [-0.05, 0) is 55.5 Å². The Morgan fingerprint density at radius 2 is 1.59 bits per heavy atom. The molecule has 0 aliphatic rings. The third-order valence-electron chi connectivity index (χ3n) is 5.60. The third kappa shape index (κ3) is 3.79. The Morgan fingerprint density at radius 1 is 0.844 bits per heavy atom. The van der Waals surface area contributed by atoms with Gasteiger partial charge in [0.1, 0.15) is 0 Å². The zero-order chi connectivity index (χ0) is 21.9. The second-order valence-electron chi connectivity index (χ2n) is 7.84. The third-order valence-corrected chi connectivity index (χ3v) is 5.60. The molecule has 0 amide bonds. The van der Waals surface area contributed by atoms with Crippen molar-refractivity contribution in [3.05, 3.63) is 120 Å². The van der Waals surface area contributed by atoms with Gasteiger partial charge in [-0.2, -0.15) is 0 Å². The van der Waals surface area contributed by atoms with Gasteiger partial charge < -0.3 is 10.3 Å². The van der Waals surface area contributed by atoms with Crippen molar-refractivity contribution >= 4 is 33.2 Å². The summed E-state index contributed by atoms with van der Waals surface area (Å²) in [7, 11) is 0. The van der Waals surface area contributed by atoms with Crippen LogP contribution >= 0.6 is 0 Å². The standard InChI is InChI=1S/C28H24N4/c1-20-12-15-28-24(18-20)23-9-2-3-11-27(23)32(28)22(14-13-21-8-4-6-16-30-21)19-25(29)26-10-5-7-17-31-26/h2-12,14-19H,13,29H2,1H3/b22-14+,25-19-. The molecule has 5 aromatic rings. The van der Waals surface area contributed by atoms with Crippen LogP contribution < -0.4 is 5.73 Å². The lowest BCUT2D eigenvalue weighted by Gasteiger charge is -2.11. The van der Waals surface area contributed by atoms with Gasteiger partial charge in [-0.15, -0.1) is 0 Å². The number of fused-ring (bicyclic) bond motifs is 3. The van der Waals surface area contributed by atoms with Gasteiger partial charge in [-0.25, -0.2) is 0 Å². The summed E-state index contributed by atoms with van der Waals surface area (Å²) in [6.45, 7) is 2.13. The molecule has 0 aliphatic heterocycles. The number of benzene rings is 2. The van der Waals surface area contributed by atoms with E-state index in [9.17, 15) is 0 Å². The first kappa shape index (κ1) is 19.8. The van der Waals surface area contributed by atoms with Gasteiger partial charge in [-0.1, -0.05) is 48.0 Å². The molecule has 0 atom stereocenters. The van der Waals surface area contributed by atoms with Crippen LogP contribution in [-0.2, 0) is 6.42 Å². The number of aromatic nitrogens is 3. The van der Waals surface area contributed by atoms with Crippen molar-refractivity contribution < 1.29 is 0 Å². The Balaban J connectivity index is 1.74. The number of nitrogens with two attached hydrogens (primary N) is 1. The lowest BCUT2D eigenvalue weighted by molar-refractivity contribution is 1.10. The normalized spacial score (nSPS) is 12.5. The highest BCUT2D eigenvalue weighted by molar-refractivity contribution is 6.10. The summed E-state index contributed by atoms with van der Waals surface area (Å²) in [6.07, 6.45) is 8.48. The van der Waals surface area contributed by atoms with Crippen LogP contribution in [0.5, 0.6) is 0 Å². The van der Waals surface area contributed by atoms with Crippen molar-refractivity contribution in [2.24, 2.45) is 5.73 Å². The van der Waals surface area contributed by atoms with Crippen molar-refractivity contribution in [2.45, 2.75) is 13.3 Å². The first-order valence-electron chi connectivity index (χ1n) is 10.7. The maximum Gasteiger partial charge on any atom is 0.0859 e. The zero-order valence-electron chi connectivity index (χ0n) is 17.9. The number of pyridine rings is 2. The van der Waals surface area contributed by atoms with E-state index >= 15 is 0 Å². The molecule has 2 aromatic carbocycles. The molecule has 4 nitrogen and oxygen atoms in total. The number of hydrogen-bond acceptors (Lipinski definition) is 3. The Labute approximate surface area is 187 Å². The van der Waals surface area contributed by atoms with Crippen LogP contribution in [0.3, 0.4) is 0 Å². The van der Waals surface area contributed by atoms with Gasteiger partial charge >= 0.3 is 0 Å². The molecule has 3 aromatic heterocycles. The highest BCUT2D eigenvalue weighted by Gasteiger charge is 2.13. The SMILES string of the molecule is Cc1ccc2c(c1)c1ccccc1n2C(/C=C(\N)c1ccccn1)=C/Cc1ccccn1. The maximum absolute atomic E-state index is 6.51. The van der Waals surface area contributed by atoms with Crippen LogP contribution in [0.1, 0.15) is 17.0 Å². The summed E-state index contributed by atoms with van der Waals surface area (Å²) < 4.78 is 2.28. The van der Waals surface area contributed by atoms with E-state index in [1.165, 1.54) is 16.3 Å². The minimum absolute atomic E-state index is 0.621. The van der Waals surface area contributed by atoms with E-state index in [1.54, 1.807) is 6.20 Å². The summed E-state index contributed by atoms with van der Waals surface area (Å²) in [5, 5.41) is 2.45. The molecule has 4 heteroatoms. The molecular weight excluding hydrogens is 392 g/mol. The number of allylic oxidation sites excluding steroid dienone is 3. The fourth-order valence-corrected chi connectivity index (χ4v) is 4.07. The zero-order valence-corrected chi connectivity index (χ0v) is 17.9. The van der Waals surface area contributed by atoms with Crippen molar-refractivity contribution in [3.8, 4) is 0 Å². The second kappa shape index (κ2) is 8.52. The minimum atomic E-state index is 0.621. The van der Waals surface area contributed by atoms with E-state index in [0.717, 1.165) is 28.1 Å². The van der Waals surface area contributed by atoms with Gasteiger partial charge in [0.2, 0.25) is 0 Å². The fraction of sp³-hybridized carbons (Fsp3) is 0.0714. The van der Waals surface area contributed by atoms with Crippen LogP contribution in [0.4, 0.5) is 0 Å².